The van der Waals surface area contributed by atoms with Crippen molar-refractivity contribution in [3.05, 3.63) is 53.5 Å². The highest BCUT2D eigenvalue weighted by atomic mass is 16.1. The van der Waals surface area contributed by atoms with Crippen LogP contribution in [0.1, 0.15) is 21.6 Å². The summed E-state index contributed by atoms with van der Waals surface area (Å²) in [6, 6.07) is 7.27. The van der Waals surface area contributed by atoms with E-state index in [1.807, 2.05) is 19.1 Å². The number of rotatable bonds is 4. The van der Waals surface area contributed by atoms with Crippen molar-refractivity contribution in [1.29, 1.82) is 0 Å². The molecule has 2 heterocycles. The average Bonchev–Trinajstić information content (AvgIpc) is 2.46. The van der Waals surface area contributed by atoms with Crippen LogP contribution in [0.5, 0.6) is 0 Å². The number of pyridine rings is 2. The Hall–Kier alpha value is -2.43. The molecule has 0 aliphatic rings. The van der Waals surface area contributed by atoms with E-state index in [0.717, 1.165) is 11.3 Å². The van der Waals surface area contributed by atoms with E-state index in [1.165, 1.54) is 0 Å². The monoisotopic (exact) mass is 256 g/mol. The van der Waals surface area contributed by atoms with Crippen molar-refractivity contribution in [2.45, 2.75) is 13.5 Å². The fourth-order valence-corrected chi connectivity index (χ4v) is 1.60. The van der Waals surface area contributed by atoms with Gasteiger partial charge in [-0.05, 0) is 30.7 Å². The van der Waals surface area contributed by atoms with Crippen LogP contribution < -0.4 is 10.6 Å². The molecule has 0 saturated heterocycles. The highest BCUT2D eigenvalue weighted by Crippen LogP contribution is 2.06. The van der Waals surface area contributed by atoms with Gasteiger partial charge in [0.2, 0.25) is 0 Å². The first-order valence-corrected chi connectivity index (χ1v) is 6.02. The van der Waals surface area contributed by atoms with Gasteiger partial charge in [-0.1, -0.05) is 6.07 Å². The molecule has 0 atom stereocenters. The fraction of sp³-hybridized carbons (Fsp3) is 0.214. The molecule has 0 aromatic carbocycles. The molecule has 98 valence electrons. The number of carbonyl (C=O) groups is 1. The van der Waals surface area contributed by atoms with Crippen molar-refractivity contribution in [3.63, 3.8) is 0 Å². The molecule has 1 amide bonds. The van der Waals surface area contributed by atoms with Crippen LogP contribution >= 0.6 is 0 Å². The second-order valence-electron chi connectivity index (χ2n) is 4.17. The summed E-state index contributed by atoms with van der Waals surface area (Å²) in [5, 5.41) is 5.75. The van der Waals surface area contributed by atoms with Crippen LogP contribution in [0.4, 0.5) is 5.82 Å². The fourth-order valence-electron chi connectivity index (χ4n) is 1.60. The molecule has 2 rings (SSSR count). The molecule has 2 aromatic heterocycles. The maximum absolute atomic E-state index is 12.0. The molecule has 0 fully saturated rings. The third-order valence-electron chi connectivity index (χ3n) is 2.70. The number of nitrogens with one attached hydrogen (secondary N) is 2. The summed E-state index contributed by atoms with van der Waals surface area (Å²) in [6.07, 6.45) is 3.37. The molecule has 2 aromatic rings. The average molecular weight is 256 g/mol. The SMILES string of the molecule is CNc1cc(C(=O)NCc2ccc(C)nc2)ccn1. The Bertz CT molecular complexity index is 566. The van der Waals surface area contributed by atoms with E-state index in [-0.39, 0.29) is 5.91 Å². The first-order valence-electron chi connectivity index (χ1n) is 6.02. The summed E-state index contributed by atoms with van der Waals surface area (Å²) in [7, 11) is 1.77. The minimum atomic E-state index is -0.125. The molecular formula is C14H16N4O. The Morgan fingerprint density at radius 3 is 2.79 bits per heavy atom. The first kappa shape index (κ1) is 13.0. The number of carbonyl (C=O) groups excluding carboxylic acids is 1. The van der Waals surface area contributed by atoms with Gasteiger partial charge in [0, 0.05) is 37.2 Å². The maximum atomic E-state index is 12.0. The Labute approximate surface area is 112 Å². The van der Waals surface area contributed by atoms with Crippen molar-refractivity contribution in [1.82, 2.24) is 15.3 Å². The molecule has 0 unspecified atom stereocenters. The van der Waals surface area contributed by atoms with Crippen LogP contribution in [-0.4, -0.2) is 22.9 Å². The number of aromatic nitrogens is 2. The number of anilines is 1. The molecule has 0 aliphatic carbocycles. The summed E-state index contributed by atoms with van der Waals surface area (Å²) < 4.78 is 0. The summed E-state index contributed by atoms with van der Waals surface area (Å²) in [5.41, 5.74) is 2.52. The van der Waals surface area contributed by atoms with Crippen molar-refractivity contribution >= 4 is 11.7 Å². The van der Waals surface area contributed by atoms with E-state index in [2.05, 4.69) is 20.6 Å². The lowest BCUT2D eigenvalue weighted by atomic mass is 10.2. The minimum absolute atomic E-state index is 0.125. The van der Waals surface area contributed by atoms with E-state index in [9.17, 15) is 4.79 Å². The third kappa shape index (κ3) is 3.51. The van der Waals surface area contributed by atoms with Gasteiger partial charge >= 0.3 is 0 Å². The summed E-state index contributed by atoms with van der Waals surface area (Å²) >= 11 is 0. The van der Waals surface area contributed by atoms with Crippen molar-refractivity contribution in [2.75, 3.05) is 12.4 Å². The molecule has 19 heavy (non-hydrogen) atoms. The summed E-state index contributed by atoms with van der Waals surface area (Å²) in [4.78, 5) is 20.2. The normalized spacial score (nSPS) is 10.0. The van der Waals surface area contributed by atoms with Crippen LogP contribution in [0.2, 0.25) is 0 Å². The van der Waals surface area contributed by atoms with E-state index in [4.69, 9.17) is 0 Å². The van der Waals surface area contributed by atoms with Gasteiger partial charge in [0.15, 0.2) is 0 Å². The predicted octanol–water partition coefficient (Wildman–Crippen LogP) is 1.76. The molecular weight excluding hydrogens is 240 g/mol. The van der Waals surface area contributed by atoms with Crippen molar-refractivity contribution < 1.29 is 4.79 Å². The molecule has 2 N–H and O–H groups in total. The second-order valence-corrected chi connectivity index (χ2v) is 4.17. The van der Waals surface area contributed by atoms with Gasteiger partial charge in [0.25, 0.3) is 5.91 Å². The lowest BCUT2D eigenvalue weighted by Gasteiger charge is -2.06. The molecule has 5 nitrogen and oxygen atoms in total. The highest BCUT2D eigenvalue weighted by Gasteiger charge is 2.06. The number of aryl methyl sites for hydroxylation is 1. The van der Waals surface area contributed by atoms with Gasteiger partial charge < -0.3 is 10.6 Å². The van der Waals surface area contributed by atoms with E-state index in [1.54, 1.807) is 31.6 Å². The lowest BCUT2D eigenvalue weighted by molar-refractivity contribution is 0.0951. The Balaban J connectivity index is 1.99. The molecule has 0 spiro atoms. The number of nitrogens with zero attached hydrogens (tertiary/aromatic N) is 2. The minimum Gasteiger partial charge on any atom is -0.373 e. The Morgan fingerprint density at radius 2 is 2.11 bits per heavy atom. The van der Waals surface area contributed by atoms with E-state index >= 15 is 0 Å². The Morgan fingerprint density at radius 1 is 1.26 bits per heavy atom. The van der Waals surface area contributed by atoms with Gasteiger partial charge in [0.05, 0.1) is 0 Å². The standard InChI is InChI=1S/C14H16N4O/c1-10-3-4-11(8-17-10)9-18-14(19)12-5-6-16-13(7-12)15-2/h3-8H,9H2,1-2H3,(H,15,16)(H,18,19). The molecule has 0 radical (unpaired) electrons. The quantitative estimate of drug-likeness (QED) is 0.874. The van der Waals surface area contributed by atoms with Crippen LogP contribution in [-0.2, 0) is 6.54 Å². The molecule has 5 heteroatoms. The van der Waals surface area contributed by atoms with Crippen LogP contribution in [0.3, 0.4) is 0 Å². The smallest absolute Gasteiger partial charge is 0.251 e. The van der Waals surface area contributed by atoms with Crippen molar-refractivity contribution in [2.24, 2.45) is 0 Å². The van der Waals surface area contributed by atoms with Crippen LogP contribution in [0, 0.1) is 6.92 Å². The molecule has 0 bridgehead atoms. The Kier molecular flexibility index (Phi) is 4.07. The van der Waals surface area contributed by atoms with Crippen LogP contribution in [0.25, 0.3) is 0 Å². The third-order valence-corrected chi connectivity index (χ3v) is 2.70. The number of hydrogen-bond donors (Lipinski definition) is 2. The zero-order valence-corrected chi connectivity index (χ0v) is 11.0. The first-order chi connectivity index (χ1) is 9.19. The van der Waals surface area contributed by atoms with Gasteiger partial charge in [-0.15, -0.1) is 0 Å². The van der Waals surface area contributed by atoms with E-state index in [0.29, 0.717) is 17.9 Å². The number of amides is 1. The predicted molar refractivity (Wildman–Crippen MR) is 73.9 cm³/mol. The van der Waals surface area contributed by atoms with Gasteiger partial charge in [-0.25, -0.2) is 4.98 Å². The zero-order valence-electron chi connectivity index (χ0n) is 11.0. The van der Waals surface area contributed by atoms with Gasteiger partial charge in [-0.2, -0.15) is 0 Å². The molecule has 0 saturated carbocycles. The van der Waals surface area contributed by atoms with Crippen LogP contribution in [0.15, 0.2) is 36.7 Å². The highest BCUT2D eigenvalue weighted by molar-refractivity contribution is 5.94. The van der Waals surface area contributed by atoms with Crippen molar-refractivity contribution in [3.8, 4) is 0 Å². The van der Waals surface area contributed by atoms with Gasteiger partial charge in [0.1, 0.15) is 5.82 Å². The lowest BCUT2D eigenvalue weighted by Crippen LogP contribution is -2.23. The summed E-state index contributed by atoms with van der Waals surface area (Å²) in [6.45, 7) is 2.39. The summed E-state index contributed by atoms with van der Waals surface area (Å²) in [5.74, 6) is 0.545. The second kappa shape index (κ2) is 5.95. The van der Waals surface area contributed by atoms with Gasteiger partial charge in [-0.3, -0.25) is 9.78 Å². The largest absolute Gasteiger partial charge is 0.373 e. The molecule has 0 aliphatic heterocycles. The van der Waals surface area contributed by atoms with E-state index < -0.39 is 0 Å². The maximum Gasteiger partial charge on any atom is 0.251 e. The zero-order chi connectivity index (χ0) is 13.7. The number of hydrogen-bond acceptors (Lipinski definition) is 4. The topological polar surface area (TPSA) is 66.9 Å².